The van der Waals surface area contributed by atoms with E-state index in [4.69, 9.17) is 9.90 Å². The van der Waals surface area contributed by atoms with Gasteiger partial charge in [-0.2, -0.15) is 8.78 Å². The summed E-state index contributed by atoms with van der Waals surface area (Å²) in [5, 5.41) is 9.70. The van der Waals surface area contributed by atoms with Gasteiger partial charge in [0.05, 0.1) is 13.2 Å². The van der Waals surface area contributed by atoms with E-state index in [1.807, 2.05) is 6.92 Å². The SMILES string of the molecule is CNCC(=O)N1CC(CF)CC1C.O=CO.O=Cc1ccc2c(c1)-c1ccccc1C2(F)F. The number of nitrogens with zero attached hydrogens (tertiary/aromatic N) is 1. The van der Waals surface area contributed by atoms with Gasteiger partial charge in [-0.1, -0.05) is 36.4 Å². The third-order valence-corrected chi connectivity index (χ3v) is 5.60. The summed E-state index contributed by atoms with van der Waals surface area (Å²) in [6.07, 6.45) is 1.46. The number of likely N-dealkylation sites (N-methyl/N-ethyl adjacent to an activating group) is 1. The van der Waals surface area contributed by atoms with Gasteiger partial charge in [0, 0.05) is 35.2 Å². The second kappa shape index (κ2) is 11.6. The van der Waals surface area contributed by atoms with Crippen LogP contribution in [0.25, 0.3) is 11.1 Å². The first kappa shape index (κ1) is 26.1. The molecule has 2 aromatic carbocycles. The summed E-state index contributed by atoms with van der Waals surface area (Å²) in [4.78, 5) is 32.3. The number of halogens is 3. The standard InChI is InChI=1S/C14H8F2O.C9H17FN2O.CH2O2/c15-14(16)12-4-2-1-3-10(12)11-7-9(8-17)5-6-13(11)14;1-7-3-8(4-10)6-12(7)9(13)5-11-2;2-1-3/h1-8H;7-8,11H,3-6H2,1-2H3;1H,(H,2,3). The van der Waals surface area contributed by atoms with E-state index < -0.39 is 5.92 Å². The highest BCUT2D eigenvalue weighted by atomic mass is 19.3. The molecule has 0 bridgehead atoms. The highest BCUT2D eigenvalue weighted by molar-refractivity contribution is 5.85. The number of rotatable bonds is 4. The number of fused-ring (bicyclic) bond motifs is 3. The van der Waals surface area contributed by atoms with Crippen molar-refractivity contribution in [2.24, 2.45) is 5.92 Å². The molecule has 0 radical (unpaired) electrons. The molecule has 1 amide bonds. The van der Waals surface area contributed by atoms with Gasteiger partial charge in [-0.05, 0) is 37.6 Å². The lowest BCUT2D eigenvalue weighted by atomic mass is 10.0. The number of likely N-dealkylation sites (tertiary alicyclic amines) is 1. The molecule has 178 valence electrons. The van der Waals surface area contributed by atoms with Gasteiger partial charge in [-0.25, -0.2) is 0 Å². The smallest absolute Gasteiger partial charge is 0.299 e. The van der Waals surface area contributed by atoms with Gasteiger partial charge < -0.3 is 15.3 Å². The number of amides is 1. The zero-order valence-electron chi connectivity index (χ0n) is 18.4. The Labute approximate surface area is 190 Å². The maximum atomic E-state index is 14.1. The molecule has 1 saturated heterocycles. The van der Waals surface area contributed by atoms with Crippen LogP contribution in [0, 0.1) is 5.92 Å². The molecule has 6 nitrogen and oxygen atoms in total. The molecule has 1 aliphatic heterocycles. The average Bonchev–Trinajstić information content (AvgIpc) is 3.30. The van der Waals surface area contributed by atoms with Gasteiger partial charge in [0.1, 0.15) is 6.29 Å². The molecule has 2 N–H and O–H groups in total. The van der Waals surface area contributed by atoms with Gasteiger partial charge in [0.25, 0.3) is 12.4 Å². The molecular formula is C24H27F3N2O4. The zero-order valence-corrected chi connectivity index (χ0v) is 18.4. The number of hydrogen-bond donors (Lipinski definition) is 2. The Morgan fingerprint density at radius 3 is 2.39 bits per heavy atom. The van der Waals surface area contributed by atoms with Crippen LogP contribution in [0.15, 0.2) is 42.5 Å². The average molecular weight is 464 g/mol. The maximum absolute atomic E-state index is 14.1. The van der Waals surface area contributed by atoms with E-state index in [1.54, 1.807) is 30.1 Å². The third-order valence-electron chi connectivity index (χ3n) is 5.60. The minimum absolute atomic E-state index is 0.0121. The van der Waals surface area contributed by atoms with Gasteiger partial charge in [-0.3, -0.25) is 18.8 Å². The molecule has 1 aliphatic carbocycles. The molecular weight excluding hydrogens is 437 g/mol. The van der Waals surface area contributed by atoms with E-state index in [1.165, 1.54) is 24.3 Å². The van der Waals surface area contributed by atoms with Gasteiger partial charge in [0.2, 0.25) is 5.91 Å². The van der Waals surface area contributed by atoms with Crippen molar-refractivity contribution in [2.45, 2.75) is 25.3 Å². The summed E-state index contributed by atoms with van der Waals surface area (Å²) in [5.41, 5.74) is 1.37. The van der Waals surface area contributed by atoms with Crippen molar-refractivity contribution >= 4 is 18.7 Å². The Morgan fingerprint density at radius 1 is 1.18 bits per heavy atom. The highest BCUT2D eigenvalue weighted by Crippen LogP contribution is 2.50. The van der Waals surface area contributed by atoms with E-state index in [2.05, 4.69) is 5.32 Å². The van der Waals surface area contributed by atoms with Crippen molar-refractivity contribution in [1.82, 2.24) is 10.2 Å². The second-order valence-corrected chi connectivity index (χ2v) is 7.83. The van der Waals surface area contributed by atoms with E-state index >= 15 is 0 Å². The van der Waals surface area contributed by atoms with Crippen LogP contribution in [0.3, 0.4) is 0 Å². The molecule has 33 heavy (non-hydrogen) atoms. The third kappa shape index (κ3) is 5.78. The lowest BCUT2D eigenvalue weighted by molar-refractivity contribution is -0.130. The number of alkyl halides is 3. The van der Waals surface area contributed by atoms with Crippen molar-refractivity contribution in [1.29, 1.82) is 0 Å². The van der Waals surface area contributed by atoms with Gasteiger partial charge in [0.15, 0.2) is 0 Å². The predicted molar refractivity (Wildman–Crippen MR) is 118 cm³/mol. The highest BCUT2D eigenvalue weighted by Gasteiger charge is 2.43. The Bertz CT molecular complexity index is 984. The van der Waals surface area contributed by atoms with Crippen molar-refractivity contribution in [3.63, 3.8) is 0 Å². The predicted octanol–water partition coefficient (Wildman–Crippen LogP) is 3.73. The van der Waals surface area contributed by atoms with Crippen LogP contribution in [0.1, 0.15) is 34.8 Å². The van der Waals surface area contributed by atoms with Crippen LogP contribution < -0.4 is 5.32 Å². The van der Waals surface area contributed by atoms with Crippen LogP contribution in [0.5, 0.6) is 0 Å². The fourth-order valence-electron chi connectivity index (χ4n) is 4.12. The van der Waals surface area contributed by atoms with Crippen LogP contribution in [0.4, 0.5) is 13.2 Å². The number of benzene rings is 2. The summed E-state index contributed by atoms with van der Waals surface area (Å²) in [6, 6.07) is 10.9. The largest absolute Gasteiger partial charge is 0.483 e. The molecule has 2 atom stereocenters. The lowest BCUT2D eigenvalue weighted by Gasteiger charge is -2.21. The molecule has 2 aliphatic rings. The zero-order chi connectivity index (χ0) is 24.6. The maximum Gasteiger partial charge on any atom is 0.299 e. The number of carbonyl (C=O) groups excluding carboxylic acids is 2. The Morgan fingerprint density at radius 2 is 1.82 bits per heavy atom. The molecule has 9 heteroatoms. The number of carbonyl (C=O) groups is 3. The molecule has 0 aromatic heterocycles. The lowest BCUT2D eigenvalue weighted by Crippen LogP contribution is -2.39. The van der Waals surface area contributed by atoms with Crippen molar-refractivity contribution in [3.8, 4) is 11.1 Å². The molecule has 0 spiro atoms. The number of hydrogen-bond acceptors (Lipinski definition) is 4. The van der Waals surface area contributed by atoms with E-state index in [0.717, 1.165) is 6.42 Å². The van der Waals surface area contributed by atoms with E-state index in [-0.39, 0.29) is 42.1 Å². The van der Waals surface area contributed by atoms with Crippen molar-refractivity contribution < 1.29 is 32.7 Å². The first-order chi connectivity index (χ1) is 15.7. The number of nitrogens with one attached hydrogen (secondary N) is 1. The van der Waals surface area contributed by atoms with Crippen LogP contribution in [-0.4, -0.2) is 61.5 Å². The van der Waals surface area contributed by atoms with Crippen molar-refractivity contribution in [3.05, 3.63) is 59.2 Å². The number of aldehydes is 1. The molecule has 2 unspecified atom stereocenters. The summed E-state index contributed by atoms with van der Waals surface area (Å²) in [6.45, 7) is 2.35. The monoisotopic (exact) mass is 464 g/mol. The van der Waals surface area contributed by atoms with Gasteiger partial charge in [-0.15, -0.1) is 0 Å². The first-order valence-electron chi connectivity index (χ1n) is 10.4. The Balaban J connectivity index is 0.000000216. The first-order valence-corrected chi connectivity index (χ1v) is 10.4. The van der Waals surface area contributed by atoms with E-state index in [0.29, 0.717) is 36.1 Å². The molecule has 4 rings (SSSR count). The Kier molecular flexibility index (Phi) is 9.16. The minimum atomic E-state index is -2.96. The van der Waals surface area contributed by atoms with Crippen molar-refractivity contribution in [2.75, 3.05) is 26.8 Å². The summed E-state index contributed by atoms with van der Waals surface area (Å²) < 4.78 is 40.5. The van der Waals surface area contributed by atoms with Gasteiger partial charge >= 0.3 is 0 Å². The summed E-state index contributed by atoms with van der Waals surface area (Å²) >= 11 is 0. The fraction of sp³-hybridized carbons (Fsp3) is 0.375. The van der Waals surface area contributed by atoms with Crippen LogP contribution in [-0.2, 0) is 15.5 Å². The Hall–Kier alpha value is -3.20. The summed E-state index contributed by atoms with van der Waals surface area (Å²) in [7, 11) is 1.74. The molecule has 0 saturated carbocycles. The quantitative estimate of drug-likeness (QED) is 0.674. The summed E-state index contributed by atoms with van der Waals surface area (Å²) in [5.74, 6) is -2.84. The molecule has 1 fully saturated rings. The molecule has 1 heterocycles. The normalized spacial score (nSPS) is 19.2. The van der Waals surface area contributed by atoms with Crippen LogP contribution in [0.2, 0.25) is 0 Å². The topological polar surface area (TPSA) is 86.7 Å². The molecule has 2 aromatic rings. The second-order valence-electron chi connectivity index (χ2n) is 7.83. The fourth-order valence-corrected chi connectivity index (χ4v) is 4.12. The number of carboxylic acid groups (broad SMARTS) is 1. The van der Waals surface area contributed by atoms with Crippen LogP contribution >= 0.6 is 0 Å². The van der Waals surface area contributed by atoms with E-state index in [9.17, 15) is 22.8 Å². The minimum Gasteiger partial charge on any atom is -0.483 e.